The number of nitrogens with zero attached hydrogens (tertiary/aromatic N) is 1. The maximum Gasteiger partial charge on any atom is 0.325 e. The molecule has 0 atom stereocenters. The highest BCUT2D eigenvalue weighted by Crippen LogP contribution is 2.26. The Morgan fingerprint density at radius 1 is 1.37 bits per heavy atom. The monoisotopic (exact) mass is 260 g/mol. The normalized spacial score (nSPS) is 10.9. The van der Waals surface area contributed by atoms with Crippen molar-refractivity contribution in [1.29, 1.82) is 0 Å². The van der Waals surface area contributed by atoms with E-state index in [9.17, 15) is 4.79 Å². The minimum Gasteiger partial charge on any atom is -0.468 e. The minimum absolute atomic E-state index is 0.228. The van der Waals surface area contributed by atoms with Gasteiger partial charge in [-0.1, -0.05) is 18.2 Å². The lowest BCUT2D eigenvalue weighted by Crippen LogP contribution is -2.12. The van der Waals surface area contributed by atoms with Gasteiger partial charge in [0.05, 0.1) is 7.11 Å². The van der Waals surface area contributed by atoms with Crippen molar-refractivity contribution in [3.8, 4) is 0 Å². The van der Waals surface area contributed by atoms with Crippen molar-refractivity contribution in [3.63, 3.8) is 0 Å². The van der Waals surface area contributed by atoms with Gasteiger partial charge in [-0.25, -0.2) is 0 Å². The first-order valence-electron chi connectivity index (χ1n) is 6.52. The fourth-order valence-electron chi connectivity index (χ4n) is 2.49. The first-order valence-corrected chi connectivity index (χ1v) is 6.52. The smallest absolute Gasteiger partial charge is 0.325 e. The lowest BCUT2D eigenvalue weighted by atomic mass is 10.1. The molecule has 2 rings (SSSR count). The van der Waals surface area contributed by atoms with Crippen LogP contribution in [-0.2, 0) is 22.5 Å². The molecule has 0 spiro atoms. The number of benzene rings is 1. The zero-order valence-corrected chi connectivity index (χ0v) is 11.5. The second-order valence-corrected chi connectivity index (χ2v) is 4.64. The Kier molecular flexibility index (Phi) is 4.22. The third kappa shape index (κ3) is 2.63. The van der Waals surface area contributed by atoms with Gasteiger partial charge >= 0.3 is 5.97 Å². The zero-order chi connectivity index (χ0) is 13.8. The highest BCUT2D eigenvalue weighted by atomic mass is 16.5. The van der Waals surface area contributed by atoms with Crippen LogP contribution in [0.2, 0.25) is 0 Å². The van der Waals surface area contributed by atoms with Crippen LogP contribution in [0.4, 0.5) is 0 Å². The van der Waals surface area contributed by atoms with E-state index < -0.39 is 0 Å². The van der Waals surface area contributed by atoms with Gasteiger partial charge in [0.1, 0.15) is 6.54 Å². The number of para-hydroxylation sites is 1. The zero-order valence-electron chi connectivity index (χ0n) is 11.5. The summed E-state index contributed by atoms with van der Waals surface area (Å²) in [5, 5.41) is 1.21. The Labute approximate surface area is 113 Å². The predicted octanol–water partition coefficient (Wildman–Crippen LogP) is 2.01. The third-order valence-electron chi connectivity index (χ3n) is 3.51. The molecule has 0 aliphatic rings. The maximum atomic E-state index is 11.5. The van der Waals surface area contributed by atoms with E-state index in [2.05, 4.69) is 13.0 Å². The summed E-state index contributed by atoms with van der Waals surface area (Å²) >= 11 is 0. The molecule has 2 N–H and O–H groups in total. The number of rotatable bonds is 5. The molecule has 0 radical (unpaired) electrons. The molecule has 0 bridgehead atoms. The first kappa shape index (κ1) is 13.6. The molecule has 2 aromatic rings. The van der Waals surface area contributed by atoms with E-state index in [1.165, 1.54) is 18.1 Å². The van der Waals surface area contributed by atoms with Crippen LogP contribution in [0.25, 0.3) is 10.9 Å². The first-order chi connectivity index (χ1) is 9.19. The summed E-state index contributed by atoms with van der Waals surface area (Å²) in [4.78, 5) is 11.5. The highest BCUT2D eigenvalue weighted by Gasteiger charge is 2.15. The molecule has 0 aliphatic carbocycles. The van der Waals surface area contributed by atoms with E-state index in [-0.39, 0.29) is 12.5 Å². The van der Waals surface area contributed by atoms with Crippen LogP contribution in [0.1, 0.15) is 17.7 Å². The van der Waals surface area contributed by atoms with Gasteiger partial charge in [0.2, 0.25) is 0 Å². The Bertz CT molecular complexity index is 587. The molecule has 1 aromatic carbocycles. The number of aromatic nitrogens is 1. The summed E-state index contributed by atoms with van der Waals surface area (Å²) in [6.07, 6.45) is 1.89. The molecule has 19 heavy (non-hydrogen) atoms. The van der Waals surface area contributed by atoms with Gasteiger partial charge in [0.25, 0.3) is 0 Å². The van der Waals surface area contributed by atoms with Gasteiger partial charge in [-0.2, -0.15) is 0 Å². The standard InChI is InChI=1S/C15H20N2O2/c1-11-12(7-5-9-16)13-6-3-4-8-14(13)17(11)10-15(18)19-2/h3-4,6,8H,5,7,9-10,16H2,1-2H3. The van der Waals surface area contributed by atoms with Gasteiger partial charge in [-0.15, -0.1) is 0 Å². The van der Waals surface area contributed by atoms with Crippen LogP contribution < -0.4 is 5.73 Å². The van der Waals surface area contributed by atoms with Crippen LogP contribution in [0, 0.1) is 6.92 Å². The quantitative estimate of drug-likeness (QED) is 0.837. The molecule has 0 saturated heterocycles. The van der Waals surface area contributed by atoms with Gasteiger partial charge in [-0.3, -0.25) is 4.79 Å². The van der Waals surface area contributed by atoms with E-state index in [1.807, 2.05) is 22.8 Å². The maximum absolute atomic E-state index is 11.5. The molecule has 0 aliphatic heterocycles. The Morgan fingerprint density at radius 2 is 2.11 bits per heavy atom. The third-order valence-corrected chi connectivity index (χ3v) is 3.51. The van der Waals surface area contributed by atoms with Crippen molar-refractivity contribution >= 4 is 16.9 Å². The number of hydrogen-bond donors (Lipinski definition) is 1. The van der Waals surface area contributed by atoms with Crippen LogP contribution >= 0.6 is 0 Å². The van der Waals surface area contributed by atoms with Crippen LogP contribution in [0.5, 0.6) is 0 Å². The fraction of sp³-hybridized carbons (Fsp3) is 0.400. The van der Waals surface area contributed by atoms with E-state index in [1.54, 1.807) is 0 Å². The molecule has 1 aromatic heterocycles. The summed E-state index contributed by atoms with van der Waals surface area (Å²) in [5.74, 6) is -0.228. The molecule has 4 heteroatoms. The number of aryl methyl sites for hydroxylation is 1. The Hall–Kier alpha value is -1.81. The predicted molar refractivity (Wildman–Crippen MR) is 76.1 cm³/mol. The molecule has 0 fully saturated rings. The van der Waals surface area contributed by atoms with Crippen molar-refractivity contribution in [3.05, 3.63) is 35.5 Å². The number of hydrogen-bond acceptors (Lipinski definition) is 3. The van der Waals surface area contributed by atoms with Gasteiger partial charge in [0, 0.05) is 16.6 Å². The molecule has 0 amide bonds. The minimum atomic E-state index is -0.228. The topological polar surface area (TPSA) is 57.2 Å². The lowest BCUT2D eigenvalue weighted by molar-refractivity contribution is -0.141. The lowest BCUT2D eigenvalue weighted by Gasteiger charge is -2.07. The summed E-state index contributed by atoms with van der Waals surface area (Å²) in [5.41, 5.74) is 9.09. The molecule has 102 valence electrons. The number of nitrogens with two attached hydrogens (primary N) is 1. The number of esters is 1. The molecule has 0 saturated carbocycles. The van der Waals surface area contributed by atoms with Gasteiger partial charge < -0.3 is 15.0 Å². The summed E-state index contributed by atoms with van der Waals surface area (Å²) < 4.78 is 6.79. The largest absolute Gasteiger partial charge is 0.468 e. The second kappa shape index (κ2) is 5.89. The van der Waals surface area contributed by atoms with Gasteiger partial charge in [0.15, 0.2) is 0 Å². The average molecular weight is 260 g/mol. The van der Waals surface area contributed by atoms with E-state index in [0.29, 0.717) is 6.54 Å². The molecule has 1 heterocycles. The molecule has 0 unspecified atom stereocenters. The number of methoxy groups -OCH3 is 1. The van der Waals surface area contributed by atoms with E-state index in [4.69, 9.17) is 10.5 Å². The number of fused-ring (bicyclic) bond motifs is 1. The summed E-state index contributed by atoms with van der Waals surface area (Å²) in [7, 11) is 1.42. The summed E-state index contributed by atoms with van der Waals surface area (Å²) in [6, 6.07) is 8.15. The average Bonchev–Trinajstić information content (AvgIpc) is 2.70. The van der Waals surface area contributed by atoms with Crippen LogP contribution in [-0.4, -0.2) is 24.2 Å². The Balaban J connectivity index is 2.50. The molecule has 4 nitrogen and oxygen atoms in total. The van der Waals surface area contributed by atoms with Crippen LogP contribution in [0.15, 0.2) is 24.3 Å². The highest BCUT2D eigenvalue weighted by molar-refractivity contribution is 5.87. The summed E-state index contributed by atoms with van der Waals surface area (Å²) in [6.45, 7) is 2.98. The van der Waals surface area contributed by atoms with Crippen molar-refractivity contribution in [2.45, 2.75) is 26.3 Å². The second-order valence-electron chi connectivity index (χ2n) is 4.64. The Morgan fingerprint density at radius 3 is 2.79 bits per heavy atom. The number of carbonyl (C=O) groups is 1. The van der Waals surface area contributed by atoms with Crippen molar-refractivity contribution in [2.24, 2.45) is 5.73 Å². The number of carbonyl (C=O) groups excluding carboxylic acids is 1. The van der Waals surface area contributed by atoms with Gasteiger partial charge in [-0.05, 0) is 37.9 Å². The molecular weight excluding hydrogens is 240 g/mol. The number of ether oxygens (including phenoxy) is 1. The van der Waals surface area contributed by atoms with E-state index >= 15 is 0 Å². The van der Waals surface area contributed by atoms with Crippen LogP contribution in [0.3, 0.4) is 0 Å². The van der Waals surface area contributed by atoms with Crippen molar-refractivity contribution in [1.82, 2.24) is 4.57 Å². The molecular formula is C15H20N2O2. The SMILES string of the molecule is COC(=O)Cn1c(C)c(CCCN)c2ccccc21. The van der Waals surface area contributed by atoms with E-state index in [0.717, 1.165) is 24.1 Å². The fourth-order valence-corrected chi connectivity index (χ4v) is 2.49. The van der Waals surface area contributed by atoms with Crippen molar-refractivity contribution in [2.75, 3.05) is 13.7 Å². The van der Waals surface area contributed by atoms with Crippen molar-refractivity contribution < 1.29 is 9.53 Å².